The fourth-order valence-corrected chi connectivity index (χ4v) is 5.51. The lowest BCUT2D eigenvalue weighted by molar-refractivity contribution is -0.000558. The number of hydrogen-bond donors (Lipinski definition) is 2. The molecule has 2 aromatic heterocycles. The smallest absolute Gasteiger partial charge is 0.319 e. The molecular weight excluding hydrogens is 498 g/mol. The number of aromatic nitrogens is 3. The van der Waals surface area contributed by atoms with E-state index in [9.17, 15) is 9.90 Å². The zero-order valence-corrected chi connectivity index (χ0v) is 23.5. The van der Waals surface area contributed by atoms with Crippen molar-refractivity contribution in [3.8, 4) is 28.4 Å². The molecule has 4 heterocycles. The van der Waals surface area contributed by atoms with Crippen molar-refractivity contribution in [2.24, 2.45) is 5.41 Å². The van der Waals surface area contributed by atoms with Crippen molar-refractivity contribution in [2.75, 3.05) is 65.4 Å². The zero-order chi connectivity index (χ0) is 27.9. The van der Waals surface area contributed by atoms with Gasteiger partial charge in [0.25, 0.3) is 0 Å². The minimum Gasteiger partial charge on any atom is -0.491 e. The summed E-state index contributed by atoms with van der Waals surface area (Å²) in [6.45, 7) is 9.65. The van der Waals surface area contributed by atoms with Gasteiger partial charge in [-0.25, -0.2) is 14.8 Å². The van der Waals surface area contributed by atoms with Gasteiger partial charge in [0.15, 0.2) is 5.82 Å². The summed E-state index contributed by atoms with van der Waals surface area (Å²) in [4.78, 5) is 28.1. The molecule has 2 amide bonds. The van der Waals surface area contributed by atoms with Crippen LogP contribution < -0.4 is 15.0 Å². The maximum atomic E-state index is 12.3. The minimum absolute atomic E-state index is 0.0563. The Morgan fingerprint density at radius 2 is 1.95 bits per heavy atom. The lowest BCUT2D eigenvalue weighted by Gasteiger charge is -2.60. The number of amides is 2. The number of carbonyl (C=O) groups is 1. The molecule has 0 aliphatic carbocycles. The molecule has 5 rings (SSSR count). The number of ether oxygens (including phenoxy) is 1. The van der Waals surface area contributed by atoms with Crippen LogP contribution in [0.2, 0.25) is 0 Å². The Morgan fingerprint density at radius 3 is 2.59 bits per heavy atom. The van der Waals surface area contributed by atoms with E-state index in [1.165, 1.54) is 0 Å². The second-order valence-corrected chi connectivity index (χ2v) is 11.0. The van der Waals surface area contributed by atoms with Gasteiger partial charge in [0, 0.05) is 63.4 Å². The Labute approximate surface area is 228 Å². The van der Waals surface area contributed by atoms with Crippen LogP contribution in [0.4, 0.5) is 10.6 Å². The summed E-state index contributed by atoms with van der Waals surface area (Å²) in [7, 11) is 5.36. The Kier molecular flexibility index (Phi) is 7.21. The molecule has 2 saturated heterocycles. The van der Waals surface area contributed by atoms with Crippen LogP contribution in [-0.2, 0) is 0 Å². The first-order valence-corrected chi connectivity index (χ1v) is 13.2. The van der Waals surface area contributed by atoms with Gasteiger partial charge in [-0.3, -0.25) is 0 Å². The summed E-state index contributed by atoms with van der Waals surface area (Å²) in [6, 6.07) is 7.66. The summed E-state index contributed by atoms with van der Waals surface area (Å²) in [5.74, 6) is 2.79. The topological polar surface area (TPSA) is 120 Å². The molecule has 11 heteroatoms. The maximum absolute atomic E-state index is 12.3. The van der Waals surface area contributed by atoms with Gasteiger partial charge >= 0.3 is 6.03 Å². The van der Waals surface area contributed by atoms with Crippen LogP contribution in [0.15, 0.2) is 28.8 Å². The van der Waals surface area contributed by atoms with Gasteiger partial charge in [-0.05, 0) is 40.0 Å². The largest absolute Gasteiger partial charge is 0.491 e. The molecule has 2 aliphatic rings. The van der Waals surface area contributed by atoms with E-state index in [-0.39, 0.29) is 18.1 Å². The van der Waals surface area contributed by atoms with Crippen LogP contribution in [0.25, 0.3) is 22.6 Å². The Balaban J connectivity index is 1.45. The van der Waals surface area contributed by atoms with E-state index in [1.54, 1.807) is 26.0 Å². The number of carbonyl (C=O) groups excluding carboxylic acids is 1. The van der Waals surface area contributed by atoms with Crippen LogP contribution in [0, 0.1) is 26.2 Å². The Bertz CT molecular complexity index is 1340. The summed E-state index contributed by atoms with van der Waals surface area (Å²) in [6.07, 6.45) is -0.610. The summed E-state index contributed by atoms with van der Waals surface area (Å²) >= 11 is 0. The molecule has 1 unspecified atom stereocenters. The number of aryl methyl sites for hydroxylation is 2. The number of hydrogen-bond acceptors (Lipinski definition) is 9. The predicted octanol–water partition coefficient (Wildman–Crippen LogP) is 2.49. The normalized spacial score (nSPS) is 16.6. The molecule has 1 spiro atoms. The van der Waals surface area contributed by atoms with E-state index < -0.39 is 6.10 Å². The molecule has 1 atom stereocenters. The number of nitrogens with zero attached hydrogens (tertiary/aromatic N) is 6. The summed E-state index contributed by atoms with van der Waals surface area (Å²) in [5, 5.41) is 17.1. The maximum Gasteiger partial charge on any atom is 0.319 e. The van der Waals surface area contributed by atoms with Crippen LogP contribution >= 0.6 is 0 Å². The van der Waals surface area contributed by atoms with E-state index in [0.717, 1.165) is 60.1 Å². The monoisotopic (exact) mass is 535 g/mol. The first kappa shape index (κ1) is 26.9. The molecule has 3 aromatic rings. The average molecular weight is 536 g/mol. The highest BCUT2D eigenvalue weighted by molar-refractivity contribution is 5.77. The average Bonchev–Trinajstić information content (AvgIpc) is 3.19. The number of likely N-dealkylation sites (N-methyl/N-ethyl adjacent to an activating group) is 1. The third-order valence-electron chi connectivity index (χ3n) is 7.42. The number of aliphatic hydroxyl groups is 1. The molecule has 2 N–H and O–H groups in total. The molecule has 0 radical (unpaired) electrons. The molecule has 0 saturated carbocycles. The second kappa shape index (κ2) is 10.5. The lowest BCUT2D eigenvalue weighted by atomic mass is 9.73. The first-order chi connectivity index (χ1) is 18.6. The van der Waals surface area contributed by atoms with Gasteiger partial charge in [-0.15, -0.1) is 0 Å². The summed E-state index contributed by atoms with van der Waals surface area (Å²) < 4.78 is 11.3. The van der Waals surface area contributed by atoms with Gasteiger partial charge in [0.05, 0.1) is 17.0 Å². The van der Waals surface area contributed by atoms with Gasteiger partial charge < -0.3 is 34.4 Å². The number of aliphatic hydroxyl groups excluding tert-OH is 1. The molecule has 2 aliphatic heterocycles. The van der Waals surface area contributed by atoms with Crippen molar-refractivity contribution in [3.05, 3.63) is 41.3 Å². The lowest BCUT2D eigenvalue weighted by Crippen LogP contribution is -2.74. The van der Waals surface area contributed by atoms with E-state index in [1.807, 2.05) is 49.9 Å². The standard InChI is InChI=1S/C28H37N7O4/c1-17-24(23-18(2)32-39-19(23)3)30-25(20-8-7-9-22(10-20)38-12-21(36)11-29-4)31-26(17)34-13-28(14-34)15-35(16-28)27(37)33(5)6/h7-10,21,29,36H,11-16H2,1-6H3. The van der Waals surface area contributed by atoms with Crippen LogP contribution in [0.3, 0.4) is 0 Å². The van der Waals surface area contributed by atoms with Gasteiger partial charge in [-0.2, -0.15) is 0 Å². The zero-order valence-electron chi connectivity index (χ0n) is 23.5. The Hall–Kier alpha value is -3.70. The molecule has 208 valence electrons. The third-order valence-corrected chi connectivity index (χ3v) is 7.42. The summed E-state index contributed by atoms with van der Waals surface area (Å²) in [5.41, 5.74) is 4.33. The van der Waals surface area contributed by atoms with Gasteiger partial charge in [0.1, 0.15) is 30.0 Å². The number of likely N-dealkylation sites (tertiary alicyclic amines) is 1. The highest BCUT2D eigenvalue weighted by atomic mass is 16.5. The number of anilines is 1. The van der Waals surface area contributed by atoms with Crippen molar-refractivity contribution in [2.45, 2.75) is 26.9 Å². The van der Waals surface area contributed by atoms with Crippen LogP contribution in [-0.4, -0.2) is 103 Å². The van der Waals surface area contributed by atoms with Gasteiger partial charge in [0.2, 0.25) is 0 Å². The van der Waals surface area contributed by atoms with Crippen molar-refractivity contribution < 1.29 is 19.2 Å². The molecule has 39 heavy (non-hydrogen) atoms. The second-order valence-electron chi connectivity index (χ2n) is 11.0. The molecule has 0 bridgehead atoms. The molecule has 11 nitrogen and oxygen atoms in total. The Morgan fingerprint density at radius 1 is 1.21 bits per heavy atom. The van der Waals surface area contributed by atoms with Crippen LogP contribution in [0.1, 0.15) is 17.0 Å². The number of benzene rings is 1. The quantitative estimate of drug-likeness (QED) is 0.448. The van der Waals surface area contributed by atoms with E-state index in [4.69, 9.17) is 19.2 Å². The first-order valence-electron chi connectivity index (χ1n) is 13.2. The van der Waals surface area contributed by atoms with E-state index in [2.05, 4.69) is 15.4 Å². The molecule has 2 fully saturated rings. The van der Waals surface area contributed by atoms with E-state index >= 15 is 0 Å². The van der Waals surface area contributed by atoms with Crippen molar-refractivity contribution in [1.82, 2.24) is 30.2 Å². The highest BCUT2D eigenvalue weighted by Crippen LogP contribution is 2.44. The fraction of sp³-hybridized carbons (Fsp3) is 0.500. The SMILES string of the molecule is CNCC(O)COc1cccc(-c2nc(-c3c(C)noc3C)c(C)c(N3CC4(CN(C(=O)N(C)C)C4)C3)n2)c1. The van der Waals surface area contributed by atoms with Crippen molar-refractivity contribution >= 4 is 11.8 Å². The van der Waals surface area contributed by atoms with Gasteiger partial charge in [-0.1, -0.05) is 17.3 Å². The predicted molar refractivity (Wildman–Crippen MR) is 148 cm³/mol. The minimum atomic E-state index is -0.610. The number of rotatable bonds is 8. The fourth-order valence-electron chi connectivity index (χ4n) is 5.51. The number of urea groups is 1. The van der Waals surface area contributed by atoms with Crippen molar-refractivity contribution in [1.29, 1.82) is 0 Å². The molecular formula is C28H37N7O4. The van der Waals surface area contributed by atoms with Crippen molar-refractivity contribution in [3.63, 3.8) is 0 Å². The van der Waals surface area contributed by atoms with E-state index in [0.29, 0.717) is 23.9 Å². The number of nitrogens with one attached hydrogen (secondary N) is 1. The third kappa shape index (κ3) is 5.16. The molecule has 1 aromatic carbocycles. The highest BCUT2D eigenvalue weighted by Gasteiger charge is 2.54. The van der Waals surface area contributed by atoms with Crippen LogP contribution in [0.5, 0.6) is 5.75 Å².